The number of hydrogen-bond acceptors (Lipinski definition) is 5. The Morgan fingerprint density at radius 2 is 2.00 bits per heavy atom. The highest BCUT2D eigenvalue weighted by Gasteiger charge is 2.25. The number of amides is 1. The van der Waals surface area contributed by atoms with Gasteiger partial charge in [0.15, 0.2) is 0 Å². The van der Waals surface area contributed by atoms with Crippen molar-refractivity contribution < 1.29 is 17.9 Å². The summed E-state index contributed by atoms with van der Waals surface area (Å²) >= 11 is 0. The van der Waals surface area contributed by atoms with Crippen LogP contribution < -0.4 is 10.5 Å². The number of ether oxygens (including phenoxy) is 1. The Labute approximate surface area is 114 Å². The summed E-state index contributed by atoms with van der Waals surface area (Å²) in [4.78, 5) is 13.7. The average Bonchev–Trinajstić information content (AvgIpc) is 2.38. The van der Waals surface area contributed by atoms with Gasteiger partial charge in [0.2, 0.25) is 15.9 Å². The molecule has 0 saturated carbocycles. The summed E-state index contributed by atoms with van der Waals surface area (Å²) in [6.45, 7) is 4.07. The van der Waals surface area contributed by atoms with Crippen LogP contribution in [0.1, 0.15) is 19.8 Å². The number of sulfonamides is 1. The Balaban J connectivity index is 2.43. The van der Waals surface area contributed by atoms with Crippen LogP contribution in [0.3, 0.4) is 0 Å². The Morgan fingerprint density at radius 1 is 1.37 bits per heavy atom. The van der Waals surface area contributed by atoms with Gasteiger partial charge < -0.3 is 15.4 Å². The van der Waals surface area contributed by atoms with Gasteiger partial charge in [0, 0.05) is 13.1 Å². The van der Waals surface area contributed by atoms with E-state index in [1.807, 2.05) is 0 Å². The molecule has 1 saturated heterocycles. The number of carbonyl (C=O) groups excluding carboxylic acids is 1. The fourth-order valence-electron chi connectivity index (χ4n) is 1.87. The highest BCUT2D eigenvalue weighted by atomic mass is 32.2. The van der Waals surface area contributed by atoms with Gasteiger partial charge in [-0.2, -0.15) is 0 Å². The maximum Gasteiger partial charge on any atom is 0.240 e. The molecule has 8 heteroatoms. The first kappa shape index (κ1) is 16.4. The molecule has 1 rings (SSSR count). The van der Waals surface area contributed by atoms with Crippen LogP contribution in [0.15, 0.2) is 0 Å². The zero-order valence-electron chi connectivity index (χ0n) is 11.3. The zero-order chi connectivity index (χ0) is 14.3. The molecule has 112 valence electrons. The molecular weight excluding hydrogens is 270 g/mol. The molecular formula is C11H23N3O4S. The molecule has 0 aromatic carbocycles. The summed E-state index contributed by atoms with van der Waals surface area (Å²) in [5, 5.41) is 0. The van der Waals surface area contributed by atoms with Crippen molar-refractivity contribution in [2.45, 2.75) is 25.8 Å². The van der Waals surface area contributed by atoms with Crippen molar-refractivity contribution >= 4 is 15.9 Å². The molecule has 1 aliphatic heterocycles. The number of rotatable bonds is 7. The Kier molecular flexibility index (Phi) is 6.70. The molecule has 0 radical (unpaired) electrons. The first-order valence-corrected chi connectivity index (χ1v) is 8.18. The number of morpholine rings is 1. The van der Waals surface area contributed by atoms with Crippen LogP contribution >= 0.6 is 0 Å². The lowest BCUT2D eigenvalue weighted by atomic mass is 10.3. The van der Waals surface area contributed by atoms with Gasteiger partial charge in [-0.1, -0.05) is 0 Å². The van der Waals surface area contributed by atoms with Crippen molar-refractivity contribution in [1.29, 1.82) is 0 Å². The third-order valence-electron chi connectivity index (χ3n) is 2.92. The maximum absolute atomic E-state index is 12.0. The highest BCUT2D eigenvalue weighted by molar-refractivity contribution is 7.89. The zero-order valence-corrected chi connectivity index (χ0v) is 12.1. The summed E-state index contributed by atoms with van der Waals surface area (Å²) in [5.41, 5.74) is 5.32. The summed E-state index contributed by atoms with van der Waals surface area (Å²) < 4.78 is 31.1. The molecule has 0 aliphatic carbocycles. The molecule has 1 aliphatic rings. The summed E-state index contributed by atoms with van der Waals surface area (Å²) in [6, 6.07) is -0.735. The highest BCUT2D eigenvalue weighted by Crippen LogP contribution is 2.02. The predicted octanol–water partition coefficient (Wildman–Crippen LogP) is -1.11. The Bertz CT molecular complexity index is 379. The van der Waals surface area contributed by atoms with Gasteiger partial charge in [-0.05, 0) is 26.3 Å². The molecule has 0 bridgehead atoms. The van der Waals surface area contributed by atoms with Gasteiger partial charge in [-0.25, -0.2) is 13.1 Å². The largest absolute Gasteiger partial charge is 0.378 e. The molecule has 1 fully saturated rings. The van der Waals surface area contributed by atoms with Gasteiger partial charge >= 0.3 is 0 Å². The topological polar surface area (TPSA) is 102 Å². The van der Waals surface area contributed by atoms with Gasteiger partial charge in [0.05, 0.1) is 25.0 Å². The molecule has 7 nitrogen and oxygen atoms in total. The van der Waals surface area contributed by atoms with Crippen molar-refractivity contribution in [3.8, 4) is 0 Å². The molecule has 1 atom stereocenters. The van der Waals surface area contributed by atoms with Crippen LogP contribution in [0, 0.1) is 0 Å². The smallest absolute Gasteiger partial charge is 0.240 e. The number of nitrogens with one attached hydrogen (secondary N) is 1. The molecule has 0 aromatic heterocycles. The number of nitrogens with two attached hydrogens (primary N) is 1. The molecule has 1 heterocycles. The lowest BCUT2D eigenvalue weighted by Crippen LogP contribution is -2.50. The van der Waals surface area contributed by atoms with Gasteiger partial charge in [-0.3, -0.25) is 4.79 Å². The van der Waals surface area contributed by atoms with E-state index in [1.54, 1.807) is 11.8 Å². The van der Waals surface area contributed by atoms with E-state index in [-0.39, 0.29) is 11.7 Å². The van der Waals surface area contributed by atoms with Crippen molar-refractivity contribution in [2.75, 3.05) is 38.6 Å². The second-order valence-corrected chi connectivity index (χ2v) is 6.47. The van der Waals surface area contributed by atoms with Gasteiger partial charge in [0.1, 0.15) is 0 Å². The van der Waals surface area contributed by atoms with Gasteiger partial charge in [-0.15, -0.1) is 0 Å². The summed E-state index contributed by atoms with van der Waals surface area (Å²) in [7, 11) is -3.42. The lowest BCUT2D eigenvalue weighted by Gasteiger charge is -2.29. The van der Waals surface area contributed by atoms with Crippen LogP contribution in [0.2, 0.25) is 0 Å². The molecule has 3 N–H and O–H groups in total. The van der Waals surface area contributed by atoms with Crippen LogP contribution in [-0.2, 0) is 19.6 Å². The van der Waals surface area contributed by atoms with E-state index in [0.29, 0.717) is 45.7 Å². The number of carbonyl (C=O) groups is 1. The van der Waals surface area contributed by atoms with E-state index < -0.39 is 16.1 Å². The standard InChI is InChI=1S/C11H23N3O4S/c1-10(11(15)14-5-7-18-8-6-14)13-19(16,17)9-3-2-4-12/h10,13H,2-9,12H2,1H3. The van der Waals surface area contributed by atoms with E-state index >= 15 is 0 Å². The molecule has 1 unspecified atom stereocenters. The van der Waals surface area contributed by atoms with Crippen LogP contribution in [0.5, 0.6) is 0 Å². The first-order valence-electron chi connectivity index (χ1n) is 6.53. The second kappa shape index (κ2) is 7.78. The normalized spacial score (nSPS) is 18.3. The molecule has 0 spiro atoms. The summed E-state index contributed by atoms with van der Waals surface area (Å²) in [5.74, 6) is -0.198. The second-order valence-electron chi connectivity index (χ2n) is 4.59. The number of nitrogens with zero attached hydrogens (tertiary/aromatic N) is 1. The lowest BCUT2D eigenvalue weighted by molar-refractivity contribution is -0.136. The van der Waals surface area contributed by atoms with Crippen LogP contribution in [0.25, 0.3) is 0 Å². The van der Waals surface area contributed by atoms with Crippen molar-refractivity contribution in [1.82, 2.24) is 9.62 Å². The monoisotopic (exact) mass is 293 g/mol. The third kappa shape index (κ3) is 5.85. The number of unbranched alkanes of at least 4 members (excludes halogenated alkanes) is 1. The minimum Gasteiger partial charge on any atom is -0.378 e. The summed E-state index contributed by atoms with van der Waals surface area (Å²) in [6.07, 6.45) is 1.16. The first-order chi connectivity index (χ1) is 8.96. The van der Waals surface area contributed by atoms with E-state index in [4.69, 9.17) is 10.5 Å². The van der Waals surface area contributed by atoms with E-state index in [9.17, 15) is 13.2 Å². The van der Waals surface area contributed by atoms with E-state index in [0.717, 1.165) is 0 Å². The van der Waals surface area contributed by atoms with Crippen molar-refractivity contribution in [2.24, 2.45) is 5.73 Å². The van der Waals surface area contributed by atoms with Crippen molar-refractivity contribution in [3.63, 3.8) is 0 Å². The average molecular weight is 293 g/mol. The molecule has 19 heavy (non-hydrogen) atoms. The van der Waals surface area contributed by atoms with Crippen molar-refractivity contribution in [3.05, 3.63) is 0 Å². The predicted molar refractivity (Wildman–Crippen MR) is 72.1 cm³/mol. The SMILES string of the molecule is CC(NS(=O)(=O)CCCCN)C(=O)N1CCOCC1. The van der Waals surface area contributed by atoms with Crippen LogP contribution in [-0.4, -0.2) is 63.9 Å². The Morgan fingerprint density at radius 3 is 2.58 bits per heavy atom. The minimum atomic E-state index is -3.42. The fourth-order valence-corrected chi connectivity index (χ4v) is 3.21. The number of hydrogen-bond donors (Lipinski definition) is 2. The quantitative estimate of drug-likeness (QED) is 0.580. The molecule has 0 aromatic rings. The van der Waals surface area contributed by atoms with Crippen LogP contribution in [0.4, 0.5) is 0 Å². The third-order valence-corrected chi connectivity index (χ3v) is 4.46. The maximum atomic E-state index is 12.0. The molecule has 1 amide bonds. The Hall–Kier alpha value is -0.700. The fraction of sp³-hybridized carbons (Fsp3) is 0.909. The minimum absolute atomic E-state index is 0.00489. The van der Waals surface area contributed by atoms with E-state index in [2.05, 4.69) is 4.72 Å². The van der Waals surface area contributed by atoms with Gasteiger partial charge in [0.25, 0.3) is 0 Å². The van der Waals surface area contributed by atoms with E-state index in [1.165, 1.54) is 0 Å².